The summed E-state index contributed by atoms with van der Waals surface area (Å²) in [5.74, 6) is 0. The predicted octanol–water partition coefficient (Wildman–Crippen LogP) is 11.2. The van der Waals surface area contributed by atoms with Crippen LogP contribution in [0.25, 0.3) is 76.5 Å². The van der Waals surface area contributed by atoms with E-state index in [-0.39, 0.29) is 5.39 Å². The molecule has 0 amide bonds. The van der Waals surface area contributed by atoms with E-state index in [4.69, 9.17) is 0 Å². The van der Waals surface area contributed by atoms with Crippen LogP contribution in [-0.2, 0) is 6.18 Å². The normalized spacial score (nSPS) is 12.4. The standard InChI is InChI=1S/C39H23F3N2/c40-39(41,42)31-22-24-12-4-6-16-27(24)35-28-17-7-5-13-25(28)23-34(37(31)35)44-33-21-11-9-19-30(33)36-29-18-8-10-20-32(29)43(38(36)44)26-14-2-1-3-15-26/h1-23H. The number of hydrogen-bond donors (Lipinski definition) is 0. The Kier molecular flexibility index (Phi) is 5.10. The lowest BCUT2D eigenvalue weighted by atomic mass is 9.91. The monoisotopic (exact) mass is 576 g/mol. The molecule has 0 aliphatic carbocycles. The summed E-state index contributed by atoms with van der Waals surface area (Å²) in [6.45, 7) is 0. The summed E-state index contributed by atoms with van der Waals surface area (Å²) in [6.07, 6.45) is -4.58. The fourth-order valence-corrected chi connectivity index (χ4v) is 7.14. The van der Waals surface area contributed by atoms with Gasteiger partial charge in [0.1, 0.15) is 5.65 Å². The summed E-state index contributed by atoms with van der Waals surface area (Å²) in [7, 11) is 0. The minimum absolute atomic E-state index is 0.197. The lowest BCUT2D eigenvalue weighted by Crippen LogP contribution is -2.09. The molecular weight excluding hydrogens is 553 g/mol. The molecule has 9 rings (SSSR count). The van der Waals surface area contributed by atoms with Crippen LogP contribution in [0.2, 0.25) is 0 Å². The second kappa shape index (κ2) is 8.98. The summed E-state index contributed by atoms with van der Waals surface area (Å²) in [4.78, 5) is 0. The third-order valence-corrected chi connectivity index (χ3v) is 8.86. The molecule has 0 radical (unpaired) electrons. The zero-order valence-corrected chi connectivity index (χ0v) is 23.3. The van der Waals surface area contributed by atoms with Crippen LogP contribution in [0, 0.1) is 0 Å². The average molecular weight is 577 g/mol. The van der Waals surface area contributed by atoms with E-state index >= 15 is 13.2 Å². The molecule has 0 bridgehead atoms. The molecule has 0 aliphatic heterocycles. The zero-order valence-electron chi connectivity index (χ0n) is 23.3. The summed E-state index contributed by atoms with van der Waals surface area (Å²) in [5.41, 5.74) is 3.48. The first-order chi connectivity index (χ1) is 21.5. The number of aromatic nitrogens is 2. The van der Waals surface area contributed by atoms with Crippen molar-refractivity contribution in [2.24, 2.45) is 0 Å². The molecule has 2 heterocycles. The van der Waals surface area contributed by atoms with E-state index in [1.165, 1.54) is 6.07 Å². The van der Waals surface area contributed by atoms with E-state index in [0.29, 0.717) is 16.5 Å². The van der Waals surface area contributed by atoms with Crippen molar-refractivity contribution in [3.05, 3.63) is 145 Å². The number of hydrogen-bond acceptors (Lipinski definition) is 0. The van der Waals surface area contributed by atoms with Gasteiger partial charge in [0.05, 0.1) is 22.3 Å². The highest BCUT2D eigenvalue weighted by atomic mass is 19.4. The van der Waals surface area contributed by atoms with Crippen LogP contribution in [0.5, 0.6) is 0 Å². The maximum atomic E-state index is 15.2. The third-order valence-electron chi connectivity index (χ3n) is 8.86. The molecule has 0 aliphatic rings. The van der Waals surface area contributed by atoms with Gasteiger partial charge in [-0.15, -0.1) is 0 Å². The Hall–Kier alpha value is -5.55. The molecule has 0 spiro atoms. The summed E-state index contributed by atoms with van der Waals surface area (Å²) >= 11 is 0. The molecule has 0 unspecified atom stereocenters. The molecule has 5 heteroatoms. The van der Waals surface area contributed by atoms with Gasteiger partial charge in [-0.25, -0.2) is 0 Å². The summed E-state index contributed by atoms with van der Waals surface area (Å²) in [5, 5.41) is 6.89. The summed E-state index contributed by atoms with van der Waals surface area (Å²) in [6, 6.07) is 44.6. The van der Waals surface area contributed by atoms with Gasteiger partial charge in [0.25, 0.3) is 0 Å². The molecule has 2 aromatic heterocycles. The predicted molar refractivity (Wildman–Crippen MR) is 175 cm³/mol. The van der Waals surface area contributed by atoms with E-state index in [2.05, 4.69) is 27.3 Å². The van der Waals surface area contributed by atoms with Crippen LogP contribution < -0.4 is 0 Å². The molecule has 0 atom stereocenters. The molecule has 0 fully saturated rings. The maximum Gasteiger partial charge on any atom is 0.417 e. The molecular formula is C39H23F3N2. The van der Waals surface area contributed by atoms with Gasteiger partial charge in [-0.1, -0.05) is 103 Å². The molecule has 0 saturated heterocycles. The van der Waals surface area contributed by atoms with Gasteiger partial charge in [0.2, 0.25) is 0 Å². The Bertz CT molecular complexity index is 2570. The van der Waals surface area contributed by atoms with E-state index < -0.39 is 11.7 Å². The Morgan fingerprint density at radius 1 is 0.432 bits per heavy atom. The van der Waals surface area contributed by atoms with Crippen molar-refractivity contribution in [2.45, 2.75) is 6.18 Å². The van der Waals surface area contributed by atoms with Crippen LogP contribution in [0.4, 0.5) is 13.2 Å². The number of alkyl halides is 3. The van der Waals surface area contributed by atoms with Gasteiger partial charge in [0, 0.05) is 32.6 Å². The highest BCUT2D eigenvalue weighted by molar-refractivity contribution is 6.26. The number of halogens is 3. The van der Waals surface area contributed by atoms with Gasteiger partial charge in [0.15, 0.2) is 0 Å². The van der Waals surface area contributed by atoms with Crippen LogP contribution in [0.1, 0.15) is 5.56 Å². The lowest BCUT2D eigenvalue weighted by molar-refractivity contribution is -0.136. The Morgan fingerprint density at radius 2 is 0.932 bits per heavy atom. The first-order valence-corrected chi connectivity index (χ1v) is 14.5. The molecule has 44 heavy (non-hydrogen) atoms. The minimum atomic E-state index is -4.58. The van der Waals surface area contributed by atoms with E-state index in [1.807, 2.05) is 103 Å². The summed E-state index contributed by atoms with van der Waals surface area (Å²) < 4.78 is 49.8. The molecule has 0 saturated carbocycles. The van der Waals surface area contributed by atoms with Crippen LogP contribution >= 0.6 is 0 Å². The fourth-order valence-electron chi connectivity index (χ4n) is 7.14. The number of rotatable bonds is 2. The highest BCUT2D eigenvalue weighted by Crippen LogP contribution is 2.47. The van der Waals surface area contributed by atoms with Gasteiger partial charge >= 0.3 is 6.18 Å². The van der Waals surface area contributed by atoms with Crippen molar-refractivity contribution in [1.29, 1.82) is 0 Å². The molecule has 0 N–H and O–H groups in total. The van der Waals surface area contributed by atoms with Crippen LogP contribution in [0.3, 0.4) is 0 Å². The molecule has 2 nitrogen and oxygen atoms in total. The van der Waals surface area contributed by atoms with Crippen molar-refractivity contribution >= 4 is 65.2 Å². The van der Waals surface area contributed by atoms with E-state index in [0.717, 1.165) is 54.7 Å². The van der Waals surface area contributed by atoms with Crippen molar-refractivity contribution in [3.8, 4) is 11.4 Å². The van der Waals surface area contributed by atoms with Crippen molar-refractivity contribution in [1.82, 2.24) is 9.13 Å². The number of fused-ring (bicyclic) bond motifs is 10. The van der Waals surface area contributed by atoms with Gasteiger partial charge < -0.3 is 0 Å². The Labute approximate surface area is 249 Å². The van der Waals surface area contributed by atoms with Crippen molar-refractivity contribution < 1.29 is 13.2 Å². The lowest BCUT2D eigenvalue weighted by Gasteiger charge is -2.21. The largest absolute Gasteiger partial charge is 0.417 e. The first kappa shape index (κ1) is 25.0. The SMILES string of the molecule is FC(F)(F)c1cc2ccccc2c2c1c(-n1c3ccccc3c3c4ccccc4n(-c4ccccc4)c31)cc1ccccc12. The number of para-hydroxylation sites is 3. The Balaban J connectivity index is 1.61. The first-order valence-electron chi connectivity index (χ1n) is 14.5. The third kappa shape index (κ3) is 3.38. The van der Waals surface area contributed by atoms with Crippen molar-refractivity contribution in [3.63, 3.8) is 0 Å². The van der Waals surface area contributed by atoms with Crippen molar-refractivity contribution in [2.75, 3.05) is 0 Å². The van der Waals surface area contributed by atoms with Crippen LogP contribution in [0.15, 0.2) is 140 Å². The van der Waals surface area contributed by atoms with Crippen LogP contribution in [-0.4, -0.2) is 9.13 Å². The van der Waals surface area contributed by atoms with E-state index in [9.17, 15) is 0 Å². The topological polar surface area (TPSA) is 9.86 Å². The average Bonchev–Trinajstić information content (AvgIpc) is 3.56. The molecule has 9 aromatic rings. The smallest absolute Gasteiger partial charge is 0.295 e. The Morgan fingerprint density at radius 3 is 1.55 bits per heavy atom. The quantitative estimate of drug-likeness (QED) is 0.181. The van der Waals surface area contributed by atoms with Gasteiger partial charge in [-0.3, -0.25) is 9.13 Å². The molecule has 210 valence electrons. The number of benzene rings is 7. The van der Waals surface area contributed by atoms with Gasteiger partial charge in [-0.05, 0) is 57.9 Å². The highest BCUT2D eigenvalue weighted by Gasteiger charge is 2.35. The maximum absolute atomic E-state index is 15.2. The van der Waals surface area contributed by atoms with E-state index in [1.54, 1.807) is 12.1 Å². The zero-order chi connectivity index (χ0) is 29.6. The van der Waals surface area contributed by atoms with Gasteiger partial charge in [-0.2, -0.15) is 13.2 Å². The second-order valence-corrected chi connectivity index (χ2v) is 11.2. The number of nitrogens with zero attached hydrogens (tertiary/aromatic N) is 2. The fraction of sp³-hybridized carbons (Fsp3) is 0.0256. The second-order valence-electron chi connectivity index (χ2n) is 11.2. The minimum Gasteiger partial charge on any atom is -0.295 e. The molecule has 7 aromatic carbocycles.